The molecule has 5 rings (SSSR count). The summed E-state index contributed by atoms with van der Waals surface area (Å²) in [4.78, 5) is 28.5. The van der Waals surface area contributed by atoms with Crippen LogP contribution in [-0.4, -0.2) is 23.3 Å². The molecule has 2 saturated heterocycles. The van der Waals surface area contributed by atoms with Crippen LogP contribution in [0.1, 0.15) is 33.0 Å². The maximum atomic E-state index is 14.2. The number of halogens is 2. The molecule has 0 spiro atoms. The third-order valence-electron chi connectivity index (χ3n) is 6.11. The molecule has 0 saturated carbocycles. The van der Waals surface area contributed by atoms with Gasteiger partial charge >= 0.3 is 0 Å². The number of carbonyl (C=O) groups is 2. The minimum Gasteiger partial charge on any atom is -0.295 e. The normalized spacial score (nSPS) is 20.5. The van der Waals surface area contributed by atoms with E-state index in [2.05, 4.69) is 0 Å². The number of hydrogen-bond donors (Lipinski definition) is 0. The lowest BCUT2D eigenvalue weighted by molar-refractivity contribution is -0.116. The van der Waals surface area contributed by atoms with Gasteiger partial charge in [-0.2, -0.15) is 0 Å². The Morgan fingerprint density at radius 3 is 1.41 bits per heavy atom. The van der Waals surface area contributed by atoms with Crippen LogP contribution in [0.15, 0.2) is 60.7 Å². The lowest BCUT2D eigenvalue weighted by Crippen LogP contribution is -2.28. The van der Waals surface area contributed by atoms with Gasteiger partial charge < -0.3 is 0 Å². The number of aryl methyl sites for hydroxylation is 2. The van der Waals surface area contributed by atoms with Crippen molar-refractivity contribution in [1.29, 1.82) is 0 Å². The number of anilines is 2. The molecule has 2 heterocycles. The lowest BCUT2D eigenvalue weighted by Gasteiger charge is -2.26. The zero-order valence-electron chi connectivity index (χ0n) is 18.6. The van der Waals surface area contributed by atoms with Crippen LogP contribution in [-0.2, 0) is 9.59 Å². The van der Waals surface area contributed by atoms with Gasteiger partial charge in [0.15, 0.2) is 0 Å². The molecule has 34 heavy (non-hydrogen) atoms. The molecule has 2 fully saturated rings. The highest BCUT2D eigenvalue weighted by atomic mass is 32.2. The molecule has 3 aromatic carbocycles. The van der Waals surface area contributed by atoms with Crippen molar-refractivity contribution in [2.45, 2.75) is 24.6 Å². The minimum atomic E-state index is -0.341. The van der Waals surface area contributed by atoms with Crippen molar-refractivity contribution in [3.63, 3.8) is 0 Å². The Kier molecular flexibility index (Phi) is 6.12. The summed E-state index contributed by atoms with van der Waals surface area (Å²) >= 11 is 3.00. The first-order valence-electron chi connectivity index (χ1n) is 10.8. The first kappa shape index (κ1) is 22.9. The van der Waals surface area contributed by atoms with Crippen molar-refractivity contribution in [3.05, 3.63) is 94.6 Å². The molecule has 0 aliphatic carbocycles. The van der Waals surface area contributed by atoms with Crippen LogP contribution in [0.2, 0.25) is 0 Å². The number of nitrogens with zero attached hydrogens (tertiary/aromatic N) is 2. The molecular formula is C26H22F2N2O2S2. The summed E-state index contributed by atoms with van der Waals surface area (Å²) in [5.41, 5.74) is 3.98. The predicted molar refractivity (Wildman–Crippen MR) is 134 cm³/mol. The van der Waals surface area contributed by atoms with E-state index in [0.717, 1.165) is 11.1 Å². The fourth-order valence-electron chi connectivity index (χ4n) is 4.19. The molecular weight excluding hydrogens is 474 g/mol. The van der Waals surface area contributed by atoms with Crippen molar-refractivity contribution in [1.82, 2.24) is 0 Å². The van der Waals surface area contributed by atoms with E-state index in [1.165, 1.54) is 35.7 Å². The first-order valence-corrected chi connectivity index (χ1v) is 12.9. The lowest BCUT2D eigenvalue weighted by atomic mass is 10.1. The summed E-state index contributed by atoms with van der Waals surface area (Å²) in [5, 5.41) is -0.521. The van der Waals surface area contributed by atoms with Crippen LogP contribution >= 0.6 is 23.5 Å². The van der Waals surface area contributed by atoms with E-state index >= 15 is 0 Å². The van der Waals surface area contributed by atoms with Crippen molar-refractivity contribution >= 4 is 46.7 Å². The zero-order chi connectivity index (χ0) is 24.0. The standard InChI is InChI=1S/C26H22F2N2O2S2/c1-15-3-9-19(11-21(15)27)29-23(31)13-33-25(29)17-5-7-18(8-6-17)26-30(24(32)14-34-26)20-10-4-16(2)22(28)12-20/h3-12,25-26H,13-14H2,1-2H3. The molecule has 0 radical (unpaired) electrons. The van der Waals surface area contributed by atoms with Crippen molar-refractivity contribution in [3.8, 4) is 0 Å². The fourth-order valence-corrected chi connectivity index (χ4v) is 6.54. The van der Waals surface area contributed by atoms with E-state index in [0.29, 0.717) is 34.0 Å². The Labute approximate surface area is 205 Å². The molecule has 0 N–H and O–H groups in total. The molecule has 4 nitrogen and oxygen atoms in total. The van der Waals surface area contributed by atoms with Gasteiger partial charge in [0.2, 0.25) is 11.8 Å². The SMILES string of the molecule is Cc1ccc(N2C(=O)CSC2c2ccc(C3SCC(=O)N3c3ccc(C)c(F)c3)cc2)cc1F. The quantitative estimate of drug-likeness (QED) is 0.435. The average Bonchev–Trinajstić information content (AvgIpc) is 3.40. The molecule has 0 bridgehead atoms. The third kappa shape index (κ3) is 4.09. The molecule has 2 unspecified atom stereocenters. The summed E-state index contributed by atoms with van der Waals surface area (Å²) in [7, 11) is 0. The summed E-state index contributed by atoms with van der Waals surface area (Å²) in [6, 6.07) is 17.5. The molecule has 2 amide bonds. The Morgan fingerprint density at radius 2 is 1.06 bits per heavy atom. The summed E-state index contributed by atoms with van der Waals surface area (Å²) in [6.07, 6.45) is 0. The summed E-state index contributed by atoms with van der Waals surface area (Å²) < 4.78 is 28.3. The van der Waals surface area contributed by atoms with Crippen LogP contribution in [0.4, 0.5) is 20.2 Å². The van der Waals surface area contributed by atoms with Crippen LogP contribution in [0.5, 0.6) is 0 Å². The summed E-state index contributed by atoms with van der Waals surface area (Å²) in [6.45, 7) is 3.38. The number of hydrogen-bond acceptors (Lipinski definition) is 4. The van der Waals surface area contributed by atoms with Crippen molar-refractivity contribution in [2.24, 2.45) is 0 Å². The number of rotatable bonds is 4. The van der Waals surface area contributed by atoms with Gasteiger partial charge in [-0.25, -0.2) is 8.78 Å². The second kappa shape index (κ2) is 9.07. The molecule has 174 valence electrons. The zero-order valence-corrected chi connectivity index (χ0v) is 20.3. The minimum absolute atomic E-state index is 0.0631. The van der Waals surface area contributed by atoms with Gasteiger partial charge in [-0.3, -0.25) is 19.4 Å². The molecule has 2 atom stereocenters. The Balaban J connectivity index is 1.42. The highest BCUT2D eigenvalue weighted by Crippen LogP contribution is 2.45. The topological polar surface area (TPSA) is 40.6 Å². The van der Waals surface area contributed by atoms with Gasteiger partial charge in [-0.15, -0.1) is 23.5 Å². The van der Waals surface area contributed by atoms with Gasteiger partial charge in [0.25, 0.3) is 0 Å². The van der Waals surface area contributed by atoms with Crippen molar-refractivity contribution in [2.75, 3.05) is 21.3 Å². The van der Waals surface area contributed by atoms with Crippen LogP contribution in [0, 0.1) is 25.5 Å². The predicted octanol–water partition coefficient (Wildman–Crippen LogP) is 6.14. The largest absolute Gasteiger partial charge is 0.295 e. The van der Waals surface area contributed by atoms with Gasteiger partial charge in [0.05, 0.1) is 11.5 Å². The molecule has 8 heteroatoms. The van der Waals surface area contributed by atoms with E-state index in [1.54, 1.807) is 47.9 Å². The van der Waals surface area contributed by atoms with Gasteiger partial charge in [-0.05, 0) is 60.4 Å². The monoisotopic (exact) mass is 496 g/mol. The number of benzene rings is 3. The maximum absolute atomic E-state index is 14.2. The van der Waals surface area contributed by atoms with E-state index in [-0.39, 0.29) is 34.2 Å². The highest BCUT2D eigenvalue weighted by molar-refractivity contribution is 8.01. The van der Waals surface area contributed by atoms with Crippen molar-refractivity contribution < 1.29 is 18.4 Å². The highest BCUT2D eigenvalue weighted by Gasteiger charge is 2.36. The Morgan fingerprint density at radius 1 is 0.676 bits per heavy atom. The average molecular weight is 497 g/mol. The fraction of sp³-hybridized carbons (Fsp3) is 0.231. The van der Waals surface area contributed by atoms with Gasteiger partial charge in [0, 0.05) is 11.4 Å². The first-order chi connectivity index (χ1) is 16.3. The van der Waals surface area contributed by atoms with E-state index in [1.807, 2.05) is 24.3 Å². The van der Waals surface area contributed by atoms with E-state index in [9.17, 15) is 18.4 Å². The van der Waals surface area contributed by atoms with E-state index in [4.69, 9.17) is 0 Å². The van der Waals surface area contributed by atoms with Gasteiger partial charge in [0.1, 0.15) is 22.4 Å². The smallest absolute Gasteiger partial charge is 0.238 e. The molecule has 2 aliphatic heterocycles. The summed E-state index contributed by atoms with van der Waals surface area (Å²) in [5.74, 6) is -0.166. The number of thioether (sulfide) groups is 2. The number of amides is 2. The second-order valence-corrected chi connectivity index (χ2v) is 10.5. The van der Waals surface area contributed by atoms with Crippen LogP contribution < -0.4 is 9.80 Å². The molecule has 2 aliphatic rings. The van der Waals surface area contributed by atoms with E-state index < -0.39 is 0 Å². The second-order valence-electron chi connectivity index (χ2n) is 8.39. The molecule has 3 aromatic rings. The van der Waals surface area contributed by atoms with Crippen LogP contribution in [0.3, 0.4) is 0 Å². The Hall–Kier alpha value is -2.84. The van der Waals surface area contributed by atoms with Gasteiger partial charge in [-0.1, -0.05) is 36.4 Å². The third-order valence-corrected chi connectivity index (χ3v) is 8.53. The Bertz CT molecular complexity index is 1180. The van der Waals surface area contributed by atoms with Crippen LogP contribution in [0.25, 0.3) is 0 Å². The maximum Gasteiger partial charge on any atom is 0.238 e. The molecule has 0 aromatic heterocycles. The number of carbonyl (C=O) groups excluding carboxylic acids is 2.